The van der Waals surface area contributed by atoms with Gasteiger partial charge in [0.25, 0.3) is 5.91 Å². The molecule has 6 nitrogen and oxygen atoms in total. The van der Waals surface area contributed by atoms with Crippen LogP contribution >= 0.6 is 0 Å². The van der Waals surface area contributed by atoms with E-state index in [1.807, 2.05) is 54.6 Å². The van der Waals surface area contributed by atoms with Crippen molar-refractivity contribution in [2.45, 2.75) is 70.8 Å². The molecule has 0 radical (unpaired) electrons. The number of aromatic nitrogens is 1. The second-order valence-electron chi connectivity index (χ2n) is 9.29. The zero-order valence-electron chi connectivity index (χ0n) is 21.8. The highest BCUT2D eigenvalue weighted by Gasteiger charge is 2.38. The molecule has 0 aliphatic rings. The minimum absolute atomic E-state index is 0.300. The van der Waals surface area contributed by atoms with Crippen molar-refractivity contribution in [1.29, 1.82) is 0 Å². The minimum atomic E-state index is -1.24. The van der Waals surface area contributed by atoms with Crippen molar-refractivity contribution in [2.75, 3.05) is 5.32 Å². The Labute approximate surface area is 219 Å². The van der Waals surface area contributed by atoms with Gasteiger partial charge < -0.3 is 10.4 Å². The lowest BCUT2D eigenvalue weighted by Crippen LogP contribution is -2.38. The Morgan fingerprint density at radius 3 is 2.05 bits per heavy atom. The number of carboxylic acids is 1. The third kappa shape index (κ3) is 7.59. The highest BCUT2D eigenvalue weighted by atomic mass is 16.4. The van der Waals surface area contributed by atoms with E-state index in [-0.39, 0.29) is 5.91 Å². The SMILES string of the molecule is CCCCCC(CCCCC)(N=C(c1ccccc1)c1ccccc1NC(=O)c1ccccn1)C(=O)O. The normalized spacial score (nSPS) is 11.8. The van der Waals surface area contributed by atoms with Gasteiger partial charge in [-0.3, -0.25) is 14.8 Å². The number of amides is 1. The summed E-state index contributed by atoms with van der Waals surface area (Å²) in [5.74, 6) is -1.24. The van der Waals surface area contributed by atoms with E-state index < -0.39 is 11.5 Å². The van der Waals surface area contributed by atoms with Gasteiger partial charge in [-0.2, -0.15) is 0 Å². The van der Waals surface area contributed by atoms with Crippen LogP contribution in [-0.2, 0) is 4.79 Å². The summed E-state index contributed by atoms with van der Waals surface area (Å²) in [6.45, 7) is 4.22. The van der Waals surface area contributed by atoms with Gasteiger partial charge in [-0.15, -0.1) is 0 Å². The molecule has 0 atom stereocenters. The van der Waals surface area contributed by atoms with Crippen LogP contribution in [0.2, 0.25) is 0 Å². The molecule has 1 amide bonds. The van der Waals surface area contributed by atoms with Gasteiger partial charge in [-0.1, -0.05) is 107 Å². The fourth-order valence-electron chi connectivity index (χ4n) is 4.41. The highest BCUT2D eigenvalue weighted by Crippen LogP contribution is 2.31. The molecule has 0 aliphatic heterocycles. The van der Waals surface area contributed by atoms with E-state index in [1.165, 1.54) is 0 Å². The summed E-state index contributed by atoms with van der Waals surface area (Å²) >= 11 is 0. The summed E-state index contributed by atoms with van der Waals surface area (Å²) in [6.07, 6.45) is 8.01. The van der Waals surface area contributed by atoms with Gasteiger partial charge in [0.15, 0.2) is 5.54 Å². The molecular formula is C31H37N3O3. The smallest absolute Gasteiger partial charge is 0.331 e. The standard InChI is InChI=1S/C31H37N3O3/c1-3-5-13-21-31(30(36)37,22-14-6-4-2)34-28(24-16-8-7-9-17-24)25-18-10-11-19-26(25)33-29(35)27-20-12-15-23-32-27/h7-12,15-20,23H,3-6,13-14,21-22H2,1-2H3,(H,33,35)(H,36,37). The number of hydrogen-bond acceptors (Lipinski definition) is 4. The van der Waals surface area contributed by atoms with Crippen molar-refractivity contribution in [3.8, 4) is 0 Å². The number of para-hydroxylation sites is 1. The van der Waals surface area contributed by atoms with Crippen LogP contribution < -0.4 is 5.32 Å². The number of aliphatic imine (C=N–C) groups is 1. The number of benzene rings is 2. The first-order chi connectivity index (χ1) is 18.0. The number of pyridine rings is 1. The lowest BCUT2D eigenvalue weighted by Gasteiger charge is -2.28. The van der Waals surface area contributed by atoms with Gasteiger partial charge in [0.2, 0.25) is 0 Å². The van der Waals surface area contributed by atoms with Crippen LogP contribution in [0.1, 0.15) is 86.8 Å². The summed E-state index contributed by atoms with van der Waals surface area (Å²) in [6, 6.07) is 22.2. The second-order valence-corrected chi connectivity index (χ2v) is 9.29. The molecule has 0 spiro atoms. The Morgan fingerprint density at radius 1 is 0.838 bits per heavy atom. The van der Waals surface area contributed by atoms with Gasteiger partial charge in [-0.05, 0) is 31.0 Å². The number of anilines is 1. The maximum Gasteiger partial charge on any atom is 0.331 e. The molecular weight excluding hydrogens is 462 g/mol. The van der Waals surface area contributed by atoms with Crippen molar-refractivity contribution >= 4 is 23.3 Å². The molecule has 37 heavy (non-hydrogen) atoms. The molecule has 6 heteroatoms. The average Bonchev–Trinajstić information content (AvgIpc) is 2.93. The first kappa shape index (κ1) is 27.8. The number of carbonyl (C=O) groups is 2. The Balaban J connectivity index is 2.14. The van der Waals surface area contributed by atoms with Crippen LogP contribution in [0.25, 0.3) is 0 Å². The van der Waals surface area contributed by atoms with Crippen LogP contribution in [0.3, 0.4) is 0 Å². The Morgan fingerprint density at radius 2 is 1.46 bits per heavy atom. The van der Waals surface area contributed by atoms with E-state index >= 15 is 0 Å². The van der Waals surface area contributed by atoms with E-state index in [9.17, 15) is 14.7 Å². The van der Waals surface area contributed by atoms with Crippen LogP contribution in [0.5, 0.6) is 0 Å². The van der Waals surface area contributed by atoms with E-state index in [0.717, 1.165) is 44.1 Å². The third-order valence-corrected chi connectivity index (χ3v) is 6.49. The molecule has 1 aromatic heterocycles. The molecule has 3 rings (SSSR count). The molecule has 2 aromatic carbocycles. The van der Waals surface area contributed by atoms with Crippen molar-refractivity contribution in [3.05, 3.63) is 95.8 Å². The molecule has 0 fully saturated rings. The number of rotatable bonds is 14. The number of hydrogen-bond donors (Lipinski definition) is 2. The number of nitrogens with one attached hydrogen (secondary N) is 1. The fraction of sp³-hybridized carbons (Fsp3) is 0.355. The van der Waals surface area contributed by atoms with Gasteiger partial charge in [0.05, 0.1) is 11.4 Å². The monoisotopic (exact) mass is 499 g/mol. The largest absolute Gasteiger partial charge is 0.479 e. The number of aliphatic carboxylic acids is 1. The first-order valence-corrected chi connectivity index (χ1v) is 13.2. The van der Waals surface area contributed by atoms with E-state index in [2.05, 4.69) is 24.1 Å². The summed E-state index contributed by atoms with van der Waals surface area (Å²) < 4.78 is 0. The van der Waals surface area contributed by atoms with Crippen molar-refractivity contribution < 1.29 is 14.7 Å². The van der Waals surface area contributed by atoms with Gasteiger partial charge in [0, 0.05) is 17.3 Å². The van der Waals surface area contributed by atoms with Crippen molar-refractivity contribution in [1.82, 2.24) is 4.98 Å². The summed E-state index contributed by atoms with van der Waals surface area (Å²) in [5, 5.41) is 13.5. The van der Waals surface area contributed by atoms with Crippen LogP contribution in [0.4, 0.5) is 5.69 Å². The van der Waals surface area contributed by atoms with Gasteiger partial charge in [-0.25, -0.2) is 4.79 Å². The molecule has 0 saturated heterocycles. The lowest BCUT2D eigenvalue weighted by atomic mass is 9.86. The lowest BCUT2D eigenvalue weighted by molar-refractivity contribution is -0.143. The molecule has 2 N–H and O–H groups in total. The predicted molar refractivity (Wildman–Crippen MR) is 149 cm³/mol. The fourth-order valence-corrected chi connectivity index (χ4v) is 4.41. The highest BCUT2D eigenvalue weighted by molar-refractivity contribution is 6.18. The number of nitrogens with zero attached hydrogens (tertiary/aromatic N) is 2. The Kier molecular flexibility index (Phi) is 10.6. The predicted octanol–water partition coefficient (Wildman–Crippen LogP) is 7.16. The number of unbranched alkanes of at least 4 members (excludes halogenated alkanes) is 4. The maximum absolute atomic E-state index is 13.0. The van der Waals surface area contributed by atoms with Gasteiger partial charge in [0.1, 0.15) is 5.69 Å². The molecule has 194 valence electrons. The molecule has 0 aliphatic carbocycles. The van der Waals surface area contributed by atoms with Gasteiger partial charge >= 0.3 is 5.97 Å². The average molecular weight is 500 g/mol. The first-order valence-electron chi connectivity index (χ1n) is 13.2. The van der Waals surface area contributed by atoms with Crippen LogP contribution in [0, 0.1) is 0 Å². The zero-order chi connectivity index (χ0) is 26.5. The zero-order valence-corrected chi connectivity index (χ0v) is 21.8. The molecule has 3 aromatic rings. The summed E-state index contributed by atoms with van der Waals surface area (Å²) in [7, 11) is 0. The maximum atomic E-state index is 13.0. The molecule has 0 saturated carbocycles. The van der Waals surface area contributed by atoms with E-state index in [1.54, 1.807) is 24.4 Å². The van der Waals surface area contributed by atoms with E-state index in [4.69, 9.17) is 4.99 Å². The van der Waals surface area contributed by atoms with Crippen LogP contribution in [0.15, 0.2) is 84.0 Å². The van der Waals surface area contributed by atoms with Crippen molar-refractivity contribution in [3.63, 3.8) is 0 Å². The molecule has 0 bridgehead atoms. The molecule has 0 unspecified atom stereocenters. The summed E-state index contributed by atoms with van der Waals surface area (Å²) in [5.41, 5.74) is 1.66. The second kappa shape index (κ2) is 14.1. The quantitative estimate of drug-likeness (QED) is 0.182. The minimum Gasteiger partial charge on any atom is -0.479 e. The Hall–Kier alpha value is -3.80. The number of carboxylic acid groups (broad SMARTS) is 1. The summed E-state index contributed by atoms with van der Waals surface area (Å²) in [4.78, 5) is 35.1. The topological polar surface area (TPSA) is 91.7 Å². The molecule has 1 heterocycles. The van der Waals surface area contributed by atoms with Crippen LogP contribution in [-0.4, -0.2) is 33.2 Å². The number of carbonyl (C=O) groups excluding carboxylic acids is 1. The Bertz CT molecular complexity index is 1170. The van der Waals surface area contributed by atoms with E-state index in [0.29, 0.717) is 35.5 Å². The third-order valence-electron chi connectivity index (χ3n) is 6.49. The van der Waals surface area contributed by atoms with Crippen molar-refractivity contribution in [2.24, 2.45) is 4.99 Å².